The maximum atomic E-state index is 13.6. The molecule has 0 amide bonds. The molecule has 4 rings (SSSR count). The van der Waals surface area contributed by atoms with Crippen LogP contribution in [0.1, 0.15) is 16.8 Å². The van der Waals surface area contributed by atoms with Crippen LogP contribution in [0.15, 0.2) is 60.8 Å². The summed E-state index contributed by atoms with van der Waals surface area (Å²) in [6, 6.07) is 12.8. The van der Waals surface area contributed by atoms with E-state index in [9.17, 15) is 14.0 Å². The molecule has 3 aromatic rings. The highest BCUT2D eigenvalue weighted by molar-refractivity contribution is 5.94. The van der Waals surface area contributed by atoms with Gasteiger partial charge in [0.15, 0.2) is 0 Å². The Labute approximate surface area is 168 Å². The standard InChI is InChI=1S/C23H20F2N4/c1-16-8-9-18-19(15-26)23(20-6-3-5-11-28(20)17(13-24)14-25)29(21(18)12-16)22-7-2-4-10-27-22/h2-10,12,17H,11,13-14H2,1H3. The van der Waals surface area contributed by atoms with Crippen LogP contribution in [0, 0.1) is 18.3 Å². The van der Waals surface area contributed by atoms with Gasteiger partial charge in [-0.3, -0.25) is 4.57 Å². The van der Waals surface area contributed by atoms with Gasteiger partial charge in [-0.1, -0.05) is 30.4 Å². The predicted octanol–water partition coefficient (Wildman–Crippen LogP) is 4.73. The van der Waals surface area contributed by atoms with Crippen molar-refractivity contribution in [1.82, 2.24) is 14.5 Å². The fourth-order valence-electron chi connectivity index (χ4n) is 3.77. The Morgan fingerprint density at radius 1 is 1.21 bits per heavy atom. The van der Waals surface area contributed by atoms with Gasteiger partial charge in [-0.2, -0.15) is 5.26 Å². The first-order valence-corrected chi connectivity index (χ1v) is 9.42. The zero-order valence-corrected chi connectivity index (χ0v) is 16.0. The zero-order valence-electron chi connectivity index (χ0n) is 16.0. The Kier molecular flexibility index (Phi) is 5.13. The van der Waals surface area contributed by atoms with Gasteiger partial charge >= 0.3 is 0 Å². The highest BCUT2D eigenvalue weighted by Gasteiger charge is 2.29. The minimum atomic E-state index is -0.908. The molecule has 2 aromatic heterocycles. The normalized spacial score (nSPS) is 13.8. The Morgan fingerprint density at radius 3 is 2.72 bits per heavy atom. The molecule has 6 heteroatoms. The Hall–Kier alpha value is -3.46. The Bertz CT molecular complexity index is 1140. The molecule has 0 N–H and O–H groups in total. The van der Waals surface area contributed by atoms with Crippen molar-refractivity contribution in [3.8, 4) is 11.9 Å². The third-order valence-corrected chi connectivity index (χ3v) is 5.16. The van der Waals surface area contributed by atoms with E-state index in [1.807, 2.05) is 66.1 Å². The van der Waals surface area contributed by atoms with Gasteiger partial charge in [0.2, 0.25) is 0 Å². The summed E-state index contributed by atoms with van der Waals surface area (Å²) in [5, 5.41) is 10.8. The highest BCUT2D eigenvalue weighted by Crippen LogP contribution is 2.36. The van der Waals surface area contributed by atoms with E-state index >= 15 is 0 Å². The summed E-state index contributed by atoms with van der Waals surface area (Å²) in [4.78, 5) is 6.17. The fourth-order valence-corrected chi connectivity index (χ4v) is 3.77. The van der Waals surface area contributed by atoms with Crippen molar-refractivity contribution in [3.63, 3.8) is 0 Å². The van der Waals surface area contributed by atoms with Crippen molar-refractivity contribution in [2.75, 3.05) is 19.9 Å². The van der Waals surface area contributed by atoms with Crippen molar-refractivity contribution in [3.05, 3.63) is 77.6 Å². The summed E-state index contributed by atoms with van der Waals surface area (Å²) in [7, 11) is 0. The van der Waals surface area contributed by atoms with Crippen LogP contribution in [-0.4, -0.2) is 40.4 Å². The SMILES string of the molecule is Cc1ccc2c(C#N)c(C3=CC=CCN3C(CF)CF)n(-c3ccccn3)c2c1. The van der Waals surface area contributed by atoms with Gasteiger partial charge in [0, 0.05) is 18.1 Å². The second-order valence-electron chi connectivity index (χ2n) is 6.97. The van der Waals surface area contributed by atoms with Gasteiger partial charge in [0.05, 0.1) is 28.5 Å². The molecule has 1 aliphatic rings. The number of nitriles is 1. The Morgan fingerprint density at radius 2 is 2.03 bits per heavy atom. The minimum Gasteiger partial charge on any atom is -0.358 e. The third kappa shape index (κ3) is 3.19. The number of nitrogens with zero attached hydrogens (tertiary/aromatic N) is 4. The lowest BCUT2D eigenvalue weighted by Crippen LogP contribution is -2.39. The average Bonchev–Trinajstić information content (AvgIpc) is 3.08. The second-order valence-corrected chi connectivity index (χ2v) is 6.97. The van der Waals surface area contributed by atoms with E-state index in [0.717, 1.165) is 16.5 Å². The lowest BCUT2D eigenvalue weighted by atomic mass is 10.1. The first-order chi connectivity index (χ1) is 14.2. The highest BCUT2D eigenvalue weighted by atomic mass is 19.1. The van der Waals surface area contributed by atoms with Crippen molar-refractivity contribution < 1.29 is 8.78 Å². The number of aromatic nitrogens is 2. The summed E-state index contributed by atoms with van der Waals surface area (Å²) < 4.78 is 29.1. The van der Waals surface area contributed by atoms with Crippen molar-refractivity contribution in [1.29, 1.82) is 5.26 Å². The van der Waals surface area contributed by atoms with E-state index in [1.54, 1.807) is 11.1 Å². The molecular weight excluding hydrogens is 370 g/mol. The van der Waals surface area contributed by atoms with Crippen molar-refractivity contribution in [2.45, 2.75) is 13.0 Å². The molecule has 0 aliphatic carbocycles. The van der Waals surface area contributed by atoms with Crippen LogP contribution in [0.25, 0.3) is 22.4 Å². The third-order valence-electron chi connectivity index (χ3n) is 5.16. The number of fused-ring (bicyclic) bond motifs is 1. The first kappa shape index (κ1) is 18.9. The number of halogens is 2. The van der Waals surface area contributed by atoms with E-state index in [0.29, 0.717) is 29.3 Å². The van der Waals surface area contributed by atoms with Crippen molar-refractivity contribution >= 4 is 16.6 Å². The summed E-state index contributed by atoms with van der Waals surface area (Å²) in [5.74, 6) is 0.645. The first-order valence-electron chi connectivity index (χ1n) is 9.42. The molecule has 0 spiro atoms. The fraction of sp³-hybridized carbons (Fsp3) is 0.217. The number of pyridine rings is 1. The van der Waals surface area contributed by atoms with Crippen LogP contribution >= 0.6 is 0 Å². The molecule has 0 radical (unpaired) electrons. The van der Waals surface area contributed by atoms with Crippen LogP contribution in [0.4, 0.5) is 8.78 Å². The van der Waals surface area contributed by atoms with Crippen LogP contribution in [-0.2, 0) is 0 Å². The molecule has 29 heavy (non-hydrogen) atoms. The van der Waals surface area contributed by atoms with Gasteiger partial charge in [0.25, 0.3) is 0 Å². The summed E-state index contributed by atoms with van der Waals surface area (Å²) in [6.07, 6.45) is 7.20. The molecular formula is C23H20F2N4. The molecule has 1 aliphatic heterocycles. The minimum absolute atomic E-state index is 0.373. The molecule has 3 heterocycles. The average molecular weight is 390 g/mol. The summed E-state index contributed by atoms with van der Waals surface area (Å²) >= 11 is 0. The molecule has 0 bridgehead atoms. The van der Waals surface area contributed by atoms with Crippen LogP contribution in [0.2, 0.25) is 0 Å². The topological polar surface area (TPSA) is 44.9 Å². The number of benzene rings is 1. The maximum absolute atomic E-state index is 13.6. The van der Waals surface area contributed by atoms with Gasteiger partial charge in [0.1, 0.15) is 25.2 Å². The van der Waals surface area contributed by atoms with Crippen LogP contribution in [0.3, 0.4) is 0 Å². The van der Waals surface area contributed by atoms with Crippen LogP contribution in [0.5, 0.6) is 0 Å². The monoisotopic (exact) mass is 390 g/mol. The largest absolute Gasteiger partial charge is 0.358 e. The van der Waals surface area contributed by atoms with E-state index in [-0.39, 0.29) is 0 Å². The summed E-state index contributed by atoms with van der Waals surface area (Å²) in [6.45, 7) is 0.731. The number of aryl methyl sites for hydroxylation is 1. The van der Waals surface area contributed by atoms with Gasteiger partial charge in [-0.05, 0) is 36.8 Å². The Balaban J connectivity index is 2.07. The zero-order chi connectivity index (χ0) is 20.4. The lowest BCUT2D eigenvalue weighted by molar-refractivity contribution is 0.212. The maximum Gasteiger partial charge on any atom is 0.137 e. The number of hydrogen-bond donors (Lipinski definition) is 0. The predicted molar refractivity (Wildman–Crippen MR) is 110 cm³/mol. The smallest absolute Gasteiger partial charge is 0.137 e. The van der Waals surface area contributed by atoms with Gasteiger partial charge in [-0.15, -0.1) is 0 Å². The second kappa shape index (κ2) is 7.88. The molecule has 0 saturated heterocycles. The number of rotatable bonds is 5. The molecule has 0 fully saturated rings. The quantitative estimate of drug-likeness (QED) is 0.633. The van der Waals surface area contributed by atoms with E-state index in [4.69, 9.17) is 0 Å². The molecule has 146 valence electrons. The van der Waals surface area contributed by atoms with E-state index in [1.165, 1.54) is 0 Å². The van der Waals surface area contributed by atoms with Crippen LogP contribution < -0.4 is 0 Å². The van der Waals surface area contributed by atoms with E-state index < -0.39 is 19.4 Å². The van der Waals surface area contributed by atoms with Crippen molar-refractivity contribution in [2.24, 2.45) is 0 Å². The lowest BCUT2D eigenvalue weighted by Gasteiger charge is -2.33. The van der Waals surface area contributed by atoms with Gasteiger partial charge < -0.3 is 4.90 Å². The van der Waals surface area contributed by atoms with Gasteiger partial charge in [-0.25, -0.2) is 13.8 Å². The number of hydrogen-bond acceptors (Lipinski definition) is 3. The molecule has 0 saturated carbocycles. The molecule has 4 nitrogen and oxygen atoms in total. The number of alkyl halides is 2. The molecule has 1 aromatic carbocycles. The van der Waals surface area contributed by atoms with E-state index in [2.05, 4.69) is 11.1 Å². The molecule has 0 atom stereocenters. The number of allylic oxidation sites excluding steroid dienone is 2. The summed E-state index contributed by atoms with van der Waals surface area (Å²) in [5.41, 5.74) is 3.56. The molecule has 0 unspecified atom stereocenters.